The zero-order valence-electron chi connectivity index (χ0n) is 7.98. The van der Waals surface area contributed by atoms with E-state index in [9.17, 15) is 4.79 Å². The van der Waals surface area contributed by atoms with Crippen LogP contribution < -0.4 is 5.73 Å². The number of hydrogen-bond donors (Lipinski definition) is 2. The van der Waals surface area contributed by atoms with E-state index < -0.39 is 5.97 Å². The highest BCUT2D eigenvalue weighted by molar-refractivity contribution is 7.14. The largest absolute Gasteiger partial charge is 0.477 e. The Balaban J connectivity index is 2.52. The van der Waals surface area contributed by atoms with Gasteiger partial charge in [-0.2, -0.15) is 0 Å². The van der Waals surface area contributed by atoms with E-state index in [1.165, 1.54) is 17.4 Å². The average molecular weight is 255 g/mol. The third-order valence-electron chi connectivity index (χ3n) is 1.96. The minimum absolute atomic E-state index is 0.0134. The minimum atomic E-state index is -1.07. The van der Waals surface area contributed by atoms with Crippen molar-refractivity contribution < 1.29 is 9.90 Å². The molecule has 2 aromatic rings. The Hall–Kier alpha value is -1.59. The van der Waals surface area contributed by atoms with E-state index in [0.717, 1.165) is 0 Å². The molecule has 0 saturated carbocycles. The van der Waals surface area contributed by atoms with Crippen LogP contribution in [0.1, 0.15) is 10.5 Å². The second-order valence-corrected chi connectivity index (χ2v) is 4.30. The summed E-state index contributed by atoms with van der Waals surface area (Å²) in [5.74, 6) is -1.07. The van der Waals surface area contributed by atoms with E-state index in [4.69, 9.17) is 22.4 Å². The van der Waals surface area contributed by atoms with Crippen molar-refractivity contribution in [2.75, 3.05) is 5.73 Å². The number of halogens is 1. The van der Waals surface area contributed by atoms with Gasteiger partial charge in [0, 0.05) is 5.38 Å². The number of aromatic carboxylic acids is 1. The van der Waals surface area contributed by atoms with Gasteiger partial charge in [0.05, 0.1) is 21.3 Å². The standard InChI is InChI=1S/C10H7ClN2O2S/c11-8-5(12)4-16-9(8)6-2-1-3-7(13-6)10(14)15/h1-4H,12H2,(H,14,15). The molecule has 0 spiro atoms. The van der Waals surface area contributed by atoms with E-state index in [1.807, 2.05) is 0 Å². The lowest BCUT2D eigenvalue weighted by Crippen LogP contribution is -2.00. The summed E-state index contributed by atoms with van der Waals surface area (Å²) in [5.41, 5.74) is 6.59. The Morgan fingerprint density at radius 2 is 2.25 bits per heavy atom. The molecule has 4 nitrogen and oxygen atoms in total. The first-order valence-corrected chi connectivity index (χ1v) is 5.58. The SMILES string of the molecule is Nc1csc(-c2cccc(C(=O)O)n2)c1Cl. The number of carbonyl (C=O) groups is 1. The van der Waals surface area contributed by atoms with Crippen LogP contribution in [0, 0.1) is 0 Å². The highest BCUT2D eigenvalue weighted by Gasteiger charge is 2.12. The summed E-state index contributed by atoms with van der Waals surface area (Å²) < 4.78 is 0. The van der Waals surface area contributed by atoms with E-state index in [2.05, 4.69) is 4.98 Å². The highest BCUT2D eigenvalue weighted by Crippen LogP contribution is 2.37. The van der Waals surface area contributed by atoms with Crippen molar-refractivity contribution in [2.24, 2.45) is 0 Å². The molecule has 0 radical (unpaired) electrons. The molecule has 0 bridgehead atoms. The van der Waals surface area contributed by atoms with Gasteiger partial charge in [-0.3, -0.25) is 0 Å². The summed E-state index contributed by atoms with van der Waals surface area (Å²) in [5, 5.41) is 10.9. The lowest BCUT2D eigenvalue weighted by atomic mass is 10.2. The predicted octanol–water partition coefficient (Wildman–Crippen LogP) is 2.74. The van der Waals surface area contributed by atoms with Crippen LogP contribution in [0.5, 0.6) is 0 Å². The Kier molecular flexibility index (Phi) is 2.80. The molecule has 2 heterocycles. The van der Waals surface area contributed by atoms with Gasteiger partial charge >= 0.3 is 5.97 Å². The Morgan fingerprint density at radius 1 is 1.50 bits per heavy atom. The molecule has 2 aromatic heterocycles. The summed E-state index contributed by atoms with van der Waals surface area (Å²) in [7, 11) is 0. The summed E-state index contributed by atoms with van der Waals surface area (Å²) in [6.07, 6.45) is 0. The molecule has 0 aliphatic heterocycles. The number of carboxylic acid groups (broad SMARTS) is 1. The topological polar surface area (TPSA) is 76.2 Å². The molecule has 82 valence electrons. The van der Waals surface area contributed by atoms with Gasteiger partial charge in [-0.05, 0) is 12.1 Å². The smallest absolute Gasteiger partial charge is 0.354 e. The number of nitrogen functional groups attached to an aromatic ring is 1. The van der Waals surface area contributed by atoms with Crippen LogP contribution in [-0.2, 0) is 0 Å². The summed E-state index contributed by atoms with van der Waals surface area (Å²) in [4.78, 5) is 15.4. The van der Waals surface area contributed by atoms with E-state index in [1.54, 1.807) is 17.5 Å². The van der Waals surface area contributed by atoms with Crippen LogP contribution >= 0.6 is 22.9 Å². The number of aromatic nitrogens is 1. The summed E-state index contributed by atoms with van der Waals surface area (Å²) in [6.45, 7) is 0. The molecule has 6 heteroatoms. The van der Waals surface area contributed by atoms with Crippen LogP contribution in [-0.4, -0.2) is 16.1 Å². The van der Waals surface area contributed by atoms with Crippen molar-refractivity contribution in [2.45, 2.75) is 0 Å². The number of nitrogens with two attached hydrogens (primary N) is 1. The first-order chi connectivity index (χ1) is 7.59. The van der Waals surface area contributed by atoms with Gasteiger partial charge in [-0.15, -0.1) is 11.3 Å². The normalized spacial score (nSPS) is 10.3. The molecule has 16 heavy (non-hydrogen) atoms. The lowest BCUT2D eigenvalue weighted by molar-refractivity contribution is 0.0690. The lowest BCUT2D eigenvalue weighted by Gasteiger charge is -1.99. The molecule has 0 saturated heterocycles. The van der Waals surface area contributed by atoms with Gasteiger partial charge in [-0.1, -0.05) is 17.7 Å². The fourth-order valence-corrected chi connectivity index (χ4v) is 2.38. The zero-order valence-corrected chi connectivity index (χ0v) is 9.55. The van der Waals surface area contributed by atoms with Crippen molar-refractivity contribution >= 4 is 34.6 Å². The van der Waals surface area contributed by atoms with E-state index in [0.29, 0.717) is 21.3 Å². The molecule has 2 rings (SSSR count). The van der Waals surface area contributed by atoms with Crippen LogP contribution in [0.3, 0.4) is 0 Å². The molecule has 3 N–H and O–H groups in total. The van der Waals surface area contributed by atoms with Gasteiger partial charge < -0.3 is 10.8 Å². The number of anilines is 1. The summed E-state index contributed by atoms with van der Waals surface area (Å²) in [6, 6.07) is 4.75. The van der Waals surface area contributed by atoms with Gasteiger partial charge in [-0.25, -0.2) is 9.78 Å². The molecular formula is C10H7ClN2O2S. The van der Waals surface area contributed by atoms with E-state index in [-0.39, 0.29) is 5.69 Å². The molecule has 0 unspecified atom stereocenters. The first kappa shape index (κ1) is 10.9. The maximum atomic E-state index is 10.8. The predicted molar refractivity (Wildman–Crippen MR) is 63.9 cm³/mol. The molecule has 0 aliphatic rings. The van der Waals surface area contributed by atoms with Crippen molar-refractivity contribution in [3.63, 3.8) is 0 Å². The van der Waals surface area contributed by atoms with Crippen molar-refractivity contribution in [1.82, 2.24) is 4.98 Å². The molecule has 0 amide bonds. The quantitative estimate of drug-likeness (QED) is 0.864. The molecule has 0 fully saturated rings. The van der Waals surface area contributed by atoms with E-state index >= 15 is 0 Å². The van der Waals surface area contributed by atoms with Gasteiger partial charge in [0.25, 0.3) is 0 Å². The van der Waals surface area contributed by atoms with Crippen LogP contribution in [0.25, 0.3) is 10.6 Å². The number of carboxylic acids is 1. The van der Waals surface area contributed by atoms with Gasteiger partial charge in [0.2, 0.25) is 0 Å². The molecule has 0 atom stereocenters. The molecular weight excluding hydrogens is 248 g/mol. The first-order valence-electron chi connectivity index (χ1n) is 4.33. The van der Waals surface area contributed by atoms with Gasteiger partial charge in [0.15, 0.2) is 0 Å². The number of nitrogens with zero attached hydrogens (tertiary/aromatic N) is 1. The Labute approximate surface area is 100 Å². The van der Waals surface area contributed by atoms with Crippen LogP contribution in [0.4, 0.5) is 5.69 Å². The van der Waals surface area contributed by atoms with Crippen molar-refractivity contribution in [3.05, 3.63) is 34.3 Å². The summed E-state index contributed by atoms with van der Waals surface area (Å²) >= 11 is 7.31. The fourth-order valence-electron chi connectivity index (χ4n) is 1.21. The maximum Gasteiger partial charge on any atom is 0.354 e. The van der Waals surface area contributed by atoms with Crippen molar-refractivity contribution in [1.29, 1.82) is 0 Å². The second kappa shape index (κ2) is 4.11. The average Bonchev–Trinajstić information content (AvgIpc) is 2.60. The third kappa shape index (κ3) is 1.87. The molecule has 0 aromatic carbocycles. The monoisotopic (exact) mass is 254 g/mol. The number of hydrogen-bond acceptors (Lipinski definition) is 4. The van der Waals surface area contributed by atoms with Gasteiger partial charge in [0.1, 0.15) is 5.69 Å². The minimum Gasteiger partial charge on any atom is -0.477 e. The highest BCUT2D eigenvalue weighted by atomic mass is 35.5. The fraction of sp³-hybridized carbons (Fsp3) is 0. The molecule has 0 aliphatic carbocycles. The maximum absolute atomic E-state index is 10.8. The van der Waals surface area contributed by atoms with Crippen LogP contribution in [0.2, 0.25) is 5.02 Å². The Morgan fingerprint density at radius 3 is 2.81 bits per heavy atom. The zero-order chi connectivity index (χ0) is 11.7. The second-order valence-electron chi connectivity index (χ2n) is 3.05. The Bertz CT molecular complexity index is 554. The van der Waals surface area contributed by atoms with Crippen LogP contribution in [0.15, 0.2) is 23.6 Å². The third-order valence-corrected chi connectivity index (χ3v) is 3.50. The number of rotatable bonds is 2. The number of thiophene rings is 1. The van der Waals surface area contributed by atoms with Crippen molar-refractivity contribution in [3.8, 4) is 10.6 Å². The number of pyridine rings is 1.